The van der Waals surface area contributed by atoms with Gasteiger partial charge in [0.25, 0.3) is 0 Å². The van der Waals surface area contributed by atoms with Gasteiger partial charge in [0.05, 0.1) is 6.10 Å². The number of piperidine rings is 1. The summed E-state index contributed by atoms with van der Waals surface area (Å²) in [5.41, 5.74) is 0.741. The minimum atomic E-state index is -0.0713. The fraction of sp³-hybridized carbons (Fsp3) is 0.474. The zero-order valence-electron chi connectivity index (χ0n) is 14.5. The van der Waals surface area contributed by atoms with E-state index in [0.29, 0.717) is 25.9 Å². The fourth-order valence-corrected chi connectivity index (χ4v) is 2.70. The second-order valence-corrected chi connectivity index (χ2v) is 6.16. The van der Waals surface area contributed by atoms with Crippen molar-refractivity contribution in [2.45, 2.75) is 39.2 Å². The molecule has 0 bridgehead atoms. The third-order valence-electron chi connectivity index (χ3n) is 4.37. The number of nitrogens with one attached hydrogen (secondary N) is 1. The van der Waals surface area contributed by atoms with Gasteiger partial charge in [-0.1, -0.05) is 19.6 Å². The molecule has 1 saturated heterocycles. The van der Waals surface area contributed by atoms with Gasteiger partial charge in [0, 0.05) is 30.8 Å². The molecule has 1 unspecified atom stereocenters. The number of ether oxygens (including phenoxy) is 1. The molecule has 0 spiro atoms. The molecule has 1 atom stereocenters. The fourth-order valence-electron chi connectivity index (χ4n) is 2.70. The van der Waals surface area contributed by atoms with Crippen LogP contribution in [-0.2, 0) is 9.59 Å². The molecular weight excluding hydrogens is 304 g/mol. The highest BCUT2D eigenvalue weighted by atomic mass is 16.5. The predicted octanol–water partition coefficient (Wildman–Crippen LogP) is 3.23. The zero-order chi connectivity index (χ0) is 17.5. The van der Waals surface area contributed by atoms with E-state index in [1.807, 2.05) is 31.2 Å². The van der Waals surface area contributed by atoms with E-state index in [4.69, 9.17) is 4.74 Å². The number of amides is 2. The van der Waals surface area contributed by atoms with Gasteiger partial charge in [-0.3, -0.25) is 9.59 Å². The number of hydrogen-bond donors (Lipinski definition) is 1. The molecule has 0 saturated carbocycles. The monoisotopic (exact) mass is 330 g/mol. The van der Waals surface area contributed by atoms with Crippen LogP contribution in [0.25, 0.3) is 0 Å². The molecule has 1 aromatic rings. The Morgan fingerprint density at radius 3 is 2.75 bits per heavy atom. The minimum absolute atomic E-state index is 0.00129. The molecule has 24 heavy (non-hydrogen) atoms. The van der Waals surface area contributed by atoms with Gasteiger partial charge in [-0.05, 0) is 44.4 Å². The number of carbonyl (C=O) groups is 2. The van der Waals surface area contributed by atoms with Crippen molar-refractivity contribution >= 4 is 17.5 Å². The Morgan fingerprint density at radius 2 is 2.12 bits per heavy atom. The van der Waals surface area contributed by atoms with E-state index < -0.39 is 0 Å². The molecule has 1 aliphatic rings. The van der Waals surface area contributed by atoms with E-state index in [9.17, 15) is 9.59 Å². The third-order valence-corrected chi connectivity index (χ3v) is 4.37. The van der Waals surface area contributed by atoms with Crippen LogP contribution in [0.3, 0.4) is 0 Å². The maximum atomic E-state index is 12.4. The quantitative estimate of drug-likeness (QED) is 0.815. The lowest BCUT2D eigenvalue weighted by molar-refractivity contribution is -0.130. The van der Waals surface area contributed by atoms with Crippen LogP contribution in [0.5, 0.6) is 5.75 Å². The number of nitrogens with zero attached hydrogens (tertiary/aromatic N) is 1. The molecule has 130 valence electrons. The summed E-state index contributed by atoms with van der Waals surface area (Å²) in [5, 5.41) is 2.96. The molecule has 2 rings (SSSR count). The van der Waals surface area contributed by atoms with Crippen molar-refractivity contribution in [3.8, 4) is 5.75 Å². The van der Waals surface area contributed by atoms with Gasteiger partial charge >= 0.3 is 0 Å². The van der Waals surface area contributed by atoms with Gasteiger partial charge < -0.3 is 15.0 Å². The van der Waals surface area contributed by atoms with Gasteiger partial charge in [0.15, 0.2) is 0 Å². The highest BCUT2D eigenvalue weighted by molar-refractivity contribution is 5.93. The van der Waals surface area contributed by atoms with Crippen molar-refractivity contribution < 1.29 is 14.3 Å². The lowest BCUT2D eigenvalue weighted by Gasteiger charge is -2.30. The molecule has 1 aromatic carbocycles. The van der Waals surface area contributed by atoms with Crippen LogP contribution < -0.4 is 10.1 Å². The Hall–Kier alpha value is -2.30. The average molecular weight is 330 g/mol. The van der Waals surface area contributed by atoms with Gasteiger partial charge in [0.1, 0.15) is 5.75 Å². The highest BCUT2D eigenvalue weighted by Gasteiger charge is 2.26. The van der Waals surface area contributed by atoms with E-state index in [1.165, 1.54) is 6.08 Å². The number of benzene rings is 1. The van der Waals surface area contributed by atoms with Gasteiger partial charge in [-0.25, -0.2) is 0 Å². The number of likely N-dealkylation sites (tertiary alicyclic amines) is 1. The molecule has 2 amide bonds. The van der Waals surface area contributed by atoms with Crippen LogP contribution in [0, 0.1) is 5.92 Å². The largest absolute Gasteiger partial charge is 0.491 e. The third kappa shape index (κ3) is 4.85. The maximum absolute atomic E-state index is 12.4. The first kappa shape index (κ1) is 18.0. The Labute approximate surface area is 143 Å². The van der Waals surface area contributed by atoms with Crippen LogP contribution in [0.2, 0.25) is 0 Å². The molecule has 0 aromatic heterocycles. The minimum Gasteiger partial charge on any atom is -0.491 e. The molecule has 5 heteroatoms. The van der Waals surface area contributed by atoms with Gasteiger partial charge in [0.2, 0.25) is 11.8 Å². The van der Waals surface area contributed by atoms with Crippen LogP contribution >= 0.6 is 0 Å². The zero-order valence-corrected chi connectivity index (χ0v) is 14.5. The summed E-state index contributed by atoms with van der Waals surface area (Å²) in [7, 11) is 0. The lowest BCUT2D eigenvalue weighted by Crippen LogP contribution is -2.40. The number of carbonyl (C=O) groups excluding carboxylic acids is 2. The first-order valence-electron chi connectivity index (χ1n) is 8.52. The molecular formula is C19H26N2O3. The smallest absolute Gasteiger partial charge is 0.245 e. The summed E-state index contributed by atoms with van der Waals surface area (Å²) in [5.74, 6) is 0.622. The van der Waals surface area contributed by atoms with E-state index in [1.54, 1.807) is 4.90 Å². The van der Waals surface area contributed by atoms with Crippen molar-refractivity contribution in [1.29, 1.82) is 0 Å². The molecule has 5 nitrogen and oxygen atoms in total. The van der Waals surface area contributed by atoms with Crippen molar-refractivity contribution in [3.05, 3.63) is 36.9 Å². The summed E-state index contributed by atoms with van der Waals surface area (Å²) in [4.78, 5) is 25.7. The van der Waals surface area contributed by atoms with Crippen LogP contribution in [0.1, 0.15) is 33.1 Å². The molecule has 1 N–H and O–H groups in total. The Kier molecular flexibility index (Phi) is 6.41. The van der Waals surface area contributed by atoms with E-state index >= 15 is 0 Å². The first-order chi connectivity index (χ1) is 11.5. The second-order valence-electron chi connectivity index (χ2n) is 6.16. The lowest BCUT2D eigenvalue weighted by atomic mass is 9.95. The maximum Gasteiger partial charge on any atom is 0.245 e. The van der Waals surface area contributed by atoms with Crippen LogP contribution in [0.15, 0.2) is 36.9 Å². The topological polar surface area (TPSA) is 58.6 Å². The van der Waals surface area contributed by atoms with E-state index in [2.05, 4.69) is 18.8 Å². The standard InChI is InChI=1S/C19H26N2O3/c1-4-14(3)24-17-8-6-7-16(13-17)20-19(23)15-9-11-21(12-10-15)18(22)5-2/h5-8,13-15H,2,4,9-12H2,1,3H3,(H,20,23). The summed E-state index contributed by atoms with van der Waals surface area (Å²) < 4.78 is 5.78. The van der Waals surface area contributed by atoms with Crippen molar-refractivity contribution in [3.63, 3.8) is 0 Å². The number of rotatable bonds is 6. The summed E-state index contributed by atoms with van der Waals surface area (Å²) >= 11 is 0. The van der Waals surface area contributed by atoms with Gasteiger partial charge in [-0.2, -0.15) is 0 Å². The number of hydrogen-bond acceptors (Lipinski definition) is 3. The molecule has 1 heterocycles. The first-order valence-corrected chi connectivity index (χ1v) is 8.52. The van der Waals surface area contributed by atoms with Crippen molar-refractivity contribution in [2.75, 3.05) is 18.4 Å². The van der Waals surface area contributed by atoms with Crippen LogP contribution in [-0.4, -0.2) is 35.9 Å². The summed E-state index contributed by atoms with van der Waals surface area (Å²) in [6.07, 6.45) is 3.74. The Morgan fingerprint density at radius 1 is 1.42 bits per heavy atom. The van der Waals surface area contributed by atoms with E-state index in [-0.39, 0.29) is 23.8 Å². The summed E-state index contributed by atoms with van der Waals surface area (Å²) in [6.45, 7) is 8.78. The Bertz CT molecular complexity index is 592. The average Bonchev–Trinajstić information content (AvgIpc) is 2.61. The Balaban J connectivity index is 1.90. The van der Waals surface area contributed by atoms with Crippen molar-refractivity contribution in [2.24, 2.45) is 5.92 Å². The van der Waals surface area contributed by atoms with Crippen molar-refractivity contribution in [1.82, 2.24) is 4.90 Å². The van der Waals surface area contributed by atoms with Crippen LogP contribution in [0.4, 0.5) is 5.69 Å². The highest BCUT2D eigenvalue weighted by Crippen LogP contribution is 2.22. The molecule has 1 aliphatic heterocycles. The van der Waals surface area contributed by atoms with Gasteiger partial charge in [-0.15, -0.1) is 0 Å². The molecule has 0 aliphatic carbocycles. The SMILES string of the molecule is C=CC(=O)N1CCC(C(=O)Nc2cccc(OC(C)CC)c2)CC1. The molecule has 0 radical (unpaired) electrons. The molecule has 1 fully saturated rings. The van der Waals surface area contributed by atoms with E-state index in [0.717, 1.165) is 17.9 Å². The summed E-state index contributed by atoms with van der Waals surface area (Å²) in [6, 6.07) is 7.47. The second kappa shape index (κ2) is 8.52. The number of anilines is 1. The predicted molar refractivity (Wildman–Crippen MR) is 95.0 cm³/mol. The normalized spacial score (nSPS) is 16.3.